The van der Waals surface area contributed by atoms with Gasteiger partial charge >= 0.3 is 0 Å². The molecule has 0 N–H and O–H groups in total. The average Bonchev–Trinajstić information content (AvgIpc) is 3.48. The molecule has 5 nitrogen and oxygen atoms in total. The van der Waals surface area contributed by atoms with Crippen LogP contribution < -0.4 is 0 Å². The highest BCUT2D eigenvalue weighted by molar-refractivity contribution is 6.09. The summed E-state index contributed by atoms with van der Waals surface area (Å²) in [5.41, 5.74) is 2.36. The lowest BCUT2D eigenvalue weighted by Crippen LogP contribution is -2.31. The van der Waals surface area contributed by atoms with Gasteiger partial charge in [-0.1, -0.05) is 0 Å². The van der Waals surface area contributed by atoms with Gasteiger partial charge in [0.15, 0.2) is 0 Å². The maximum absolute atomic E-state index is 13.3. The second kappa shape index (κ2) is 7.20. The van der Waals surface area contributed by atoms with Crippen molar-refractivity contribution in [3.63, 3.8) is 0 Å². The minimum Gasteiger partial charge on any atom is -0.467 e. The molecule has 1 aliphatic carbocycles. The average molecular weight is 390 g/mol. The highest BCUT2D eigenvalue weighted by Crippen LogP contribution is 2.45. The van der Waals surface area contributed by atoms with E-state index in [4.69, 9.17) is 13.9 Å². The molecule has 6 heteroatoms. The third-order valence-electron chi connectivity index (χ3n) is 5.50. The summed E-state index contributed by atoms with van der Waals surface area (Å²) in [6.07, 6.45) is 8.02. The summed E-state index contributed by atoms with van der Waals surface area (Å²) in [4.78, 5) is 13.2. The molecule has 1 fully saturated rings. The number of furan rings is 2. The summed E-state index contributed by atoms with van der Waals surface area (Å²) in [5.74, 6) is 0.852. The Bertz CT molecular complexity index is 1070. The van der Waals surface area contributed by atoms with Gasteiger partial charge in [-0.25, -0.2) is 9.40 Å². The number of fused-ring (bicyclic) bond motifs is 1. The summed E-state index contributed by atoms with van der Waals surface area (Å²) >= 11 is 0. The Labute approximate surface area is 167 Å². The van der Waals surface area contributed by atoms with Crippen LogP contribution in [0.5, 0.6) is 0 Å². The monoisotopic (exact) mass is 390 g/mol. The SMILES string of the molecule is O=C(c1ccc(F)cc1)N1N=C2/C(=C/c3ccco3)CCC[C@@H]2[C@@H]1c1ccco1. The summed E-state index contributed by atoms with van der Waals surface area (Å²) in [5, 5.41) is 6.24. The van der Waals surface area contributed by atoms with Gasteiger partial charge in [-0.2, -0.15) is 5.10 Å². The Kier molecular flexibility index (Phi) is 4.39. The van der Waals surface area contributed by atoms with Gasteiger partial charge < -0.3 is 8.83 Å². The van der Waals surface area contributed by atoms with E-state index in [2.05, 4.69) is 0 Å². The molecule has 5 rings (SSSR count). The first kappa shape index (κ1) is 17.7. The molecule has 2 aromatic heterocycles. The fraction of sp³-hybridized carbons (Fsp3) is 0.217. The minimum atomic E-state index is -0.380. The molecular weight excluding hydrogens is 371 g/mol. The lowest BCUT2D eigenvalue weighted by atomic mass is 9.79. The second-order valence-electron chi connectivity index (χ2n) is 7.29. The fourth-order valence-corrected chi connectivity index (χ4v) is 4.18. The molecule has 0 saturated heterocycles. The van der Waals surface area contributed by atoms with Crippen molar-refractivity contribution >= 4 is 17.7 Å². The lowest BCUT2D eigenvalue weighted by molar-refractivity contribution is 0.0656. The number of carbonyl (C=O) groups excluding carboxylic acids is 1. The number of hydrazone groups is 1. The standard InChI is InChI=1S/C23H19FN2O3/c24-17-10-8-15(9-11-17)23(27)26-22(20-7-3-13-29-20)19-6-1-4-16(21(19)25-26)14-18-5-2-12-28-18/h2-3,5,7-14,19,22H,1,4,6H2/b16-14+/t19-,22+/m0/s1. The second-order valence-corrected chi connectivity index (χ2v) is 7.29. The number of hydrogen-bond acceptors (Lipinski definition) is 4. The van der Waals surface area contributed by atoms with E-state index >= 15 is 0 Å². The molecule has 0 spiro atoms. The van der Waals surface area contributed by atoms with E-state index in [-0.39, 0.29) is 23.7 Å². The summed E-state index contributed by atoms with van der Waals surface area (Å²) in [6, 6.07) is 12.7. The minimum absolute atomic E-state index is 0.0421. The van der Waals surface area contributed by atoms with Crippen LogP contribution in [0.25, 0.3) is 6.08 Å². The van der Waals surface area contributed by atoms with Gasteiger partial charge in [0.2, 0.25) is 0 Å². The van der Waals surface area contributed by atoms with Gasteiger partial charge in [0.1, 0.15) is 23.4 Å². The Morgan fingerprint density at radius 1 is 1.10 bits per heavy atom. The molecule has 29 heavy (non-hydrogen) atoms. The number of halogens is 1. The van der Waals surface area contributed by atoms with Crippen molar-refractivity contribution in [2.24, 2.45) is 11.0 Å². The molecule has 146 valence electrons. The van der Waals surface area contributed by atoms with Gasteiger partial charge in [0.25, 0.3) is 5.91 Å². The van der Waals surface area contributed by atoms with E-state index in [1.165, 1.54) is 29.3 Å². The Balaban J connectivity index is 1.56. The van der Waals surface area contributed by atoms with Crippen molar-refractivity contribution in [2.75, 3.05) is 0 Å². The molecule has 3 aromatic rings. The summed E-state index contributed by atoms with van der Waals surface area (Å²) < 4.78 is 24.5. The van der Waals surface area contributed by atoms with Crippen LogP contribution in [0.4, 0.5) is 4.39 Å². The first-order valence-electron chi connectivity index (χ1n) is 9.66. The van der Waals surface area contributed by atoms with Gasteiger partial charge in [-0.05, 0) is 79.4 Å². The number of benzene rings is 1. The number of rotatable bonds is 3. The van der Waals surface area contributed by atoms with Crippen LogP contribution in [-0.2, 0) is 0 Å². The van der Waals surface area contributed by atoms with Gasteiger partial charge in [-0.3, -0.25) is 4.79 Å². The van der Waals surface area contributed by atoms with E-state index in [1.54, 1.807) is 12.5 Å². The number of nitrogens with zero attached hydrogens (tertiary/aromatic N) is 2. The van der Waals surface area contributed by atoms with Crippen LogP contribution in [0, 0.1) is 11.7 Å². The smallest absolute Gasteiger partial charge is 0.274 e. The van der Waals surface area contributed by atoms with Crippen molar-refractivity contribution in [1.29, 1.82) is 0 Å². The fourth-order valence-electron chi connectivity index (χ4n) is 4.18. The zero-order valence-electron chi connectivity index (χ0n) is 15.6. The van der Waals surface area contributed by atoms with Crippen LogP contribution in [-0.4, -0.2) is 16.6 Å². The quantitative estimate of drug-likeness (QED) is 0.598. The van der Waals surface area contributed by atoms with E-state index < -0.39 is 0 Å². The predicted molar refractivity (Wildman–Crippen MR) is 105 cm³/mol. The van der Waals surface area contributed by atoms with E-state index in [1.807, 2.05) is 30.3 Å². The molecule has 0 bridgehead atoms. The topological polar surface area (TPSA) is 59.0 Å². The van der Waals surface area contributed by atoms with Crippen molar-refractivity contribution in [3.8, 4) is 0 Å². The van der Waals surface area contributed by atoms with Crippen LogP contribution in [0.3, 0.4) is 0 Å². The summed E-state index contributed by atoms with van der Waals surface area (Å²) in [7, 11) is 0. The van der Waals surface area contributed by atoms with E-state index in [0.29, 0.717) is 11.3 Å². The van der Waals surface area contributed by atoms with Crippen molar-refractivity contribution in [2.45, 2.75) is 25.3 Å². The molecule has 1 aromatic carbocycles. The Morgan fingerprint density at radius 3 is 2.62 bits per heavy atom. The molecule has 1 aliphatic heterocycles. The number of amides is 1. The molecule has 1 saturated carbocycles. The van der Waals surface area contributed by atoms with Gasteiger partial charge in [0.05, 0.1) is 18.2 Å². The van der Waals surface area contributed by atoms with E-state index in [9.17, 15) is 9.18 Å². The van der Waals surface area contributed by atoms with Crippen molar-refractivity contribution in [1.82, 2.24) is 5.01 Å². The predicted octanol–water partition coefficient (Wildman–Crippen LogP) is 5.45. The molecular formula is C23H19FN2O3. The third kappa shape index (κ3) is 3.20. The molecule has 3 heterocycles. The maximum Gasteiger partial charge on any atom is 0.274 e. The zero-order valence-corrected chi connectivity index (χ0v) is 15.6. The van der Waals surface area contributed by atoms with E-state index in [0.717, 1.165) is 36.3 Å². The summed E-state index contributed by atoms with van der Waals surface area (Å²) in [6.45, 7) is 0. The van der Waals surface area contributed by atoms with Crippen LogP contribution >= 0.6 is 0 Å². The third-order valence-corrected chi connectivity index (χ3v) is 5.50. The molecule has 0 radical (unpaired) electrons. The molecule has 2 atom stereocenters. The maximum atomic E-state index is 13.3. The number of allylic oxidation sites excluding steroid dienone is 1. The molecule has 2 aliphatic rings. The highest BCUT2D eigenvalue weighted by Gasteiger charge is 2.45. The van der Waals surface area contributed by atoms with Gasteiger partial charge in [0, 0.05) is 11.5 Å². The van der Waals surface area contributed by atoms with Crippen molar-refractivity contribution < 1.29 is 18.0 Å². The number of hydrogen-bond donors (Lipinski definition) is 0. The molecule has 0 unspecified atom stereocenters. The lowest BCUT2D eigenvalue weighted by Gasteiger charge is -2.27. The first-order chi connectivity index (χ1) is 14.2. The van der Waals surface area contributed by atoms with Crippen LogP contribution in [0.15, 0.2) is 80.6 Å². The normalized spacial score (nSPS) is 22.6. The van der Waals surface area contributed by atoms with Crippen LogP contribution in [0.2, 0.25) is 0 Å². The van der Waals surface area contributed by atoms with Gasteiger partial charge in [-0.15, -0.1) is 0 Å². The molecule has 1 amide bonds. The van der Waals surface area contributed by atoms with Crippen molar-refractivity contribution in [3.05, 3.63) is 89.5 Å². The highest BCUT2D eigenvalue weighted by atomic mass is 19.1. The Hall–Kier alpha value is -3.41. The Morgan fingerprint density at radius 2 is 1.90 bits per heavy atom. The largest absolute Gasteiger partial charge is 0.467 e. The van der Waals surface area contributed by atoms with Crippen LogP contribution in [0.1, 0.15) is 47.2 Å². The zero-order chi connectivity index (χ0) is 19.8. The number of carbonyl (C=O) groups is 1. The first-order valence-corrected chi connectivity index (χ1v) is 9.66.